The minimum absolute atomic E-state index is 0.107. The third kappa shape index (κ3) is 3.35. The molecular weight excluding hydrogens is 298 g/mol. The Morgan fingerprint density at radius 1 is 1.50 bits per heavy atom. The van der Waals surface area contributed by atoms with Gasteiger partial charge >= 0.3 is 0 Å². The van der Waals surface area contributed by atoms with Crippen molar-refractivity contribution in [1.82, 2.24) is 24.6 Å². The van der Waals surface area contributed by atoms with Crippen molar-refractivity contribution in [2.24, 2.45) is 0 Å². The second kappa shape index (κ2) is 6.56. The van der Waals surface area contributed by atoms with Gasteiger partial charge in [0, 0.05) is 24.4 Å². The zero-order valence-corrected chi connectivity index (χ0v) is 13.8. The fourth-order valence-electron chi connectivity index (χ4n) is 2.71. The first-order chi connectivity index (χ1) is 10.6. The summed E-state index contributed by atoms with van der Waals surface area (Å²) < 4.78 is 1.58. The number of rotatable bonds is 4. The molecule has 2 aromatic rings. The third-order valence-corrected chi connectivity index (χ3v) is 5.04. The van der Waals surface area contributed by atoms with Crippen LogP contribution in [0.4, 0.5) is 0 Å². The van der Waals surface area contributed by atoms with Crippen LogP contribution in [-0.4, -0.2) is 43.6 Å². The highest BCUT2D eigenvalue weighted by molar-refractivity contribution is 7.09. The van der Waals surface area contributed by atoms with Gasteiger partial charge < -0.3 is 4.90 Å². The van der Waals surface area contributed by atoms with Crippen LogP contribution in [0.25, 0.3) is 0 Å². The molecule has 0 spiro atoms. The summed E-state index contributed by atoms with van der Waals surface area (Å²) in [4.78, 5) is 22.9. The van der Waals surface area contributed by atoms with Crippen LogP contribution in [0.15, 0.2) is 18.0 Å². The van der Waals surface area contributed by atoms with Gasteiger partial charge in [0.1, 0.15) is 19.2 Å². The molecule has 0 bridgehead atoms. The second-order valence-corrected chi connectivity index (χ2v) is 6.93. The average molecular weight is 319 g/mol. The summed E-state index contributed by atoms with van der Waals surface area (Å²) in [6.45, 7) is 6.17. The quantitative estimate of drug-likeness (QED) is 0.867. The molecule has 0 aliphatic carbocycles. The predicted molar refractivity (Wildman–Crippen MR) is 84.8 cm³/mol. The van der Waals surface area contributed by atoms with E-state index in [0.717, 1.165) is 31.6 Å². The zero-order chi connectivity index (χ0) is 15.5. The first-order valence-corrected chi connectivity index (χ1v) is 8.57. The lowest BCUT2D eigenvalue weighted by Gasteiger charge is -2.31. The van der Waals surface area contributed by atoms with Crippen LogP contribution in [0.3, 0.4) is 0 Å². The Labute approximate surface area is 134 Å². The lowest BCUT2D eigenvalue weighted by molar-refractivity contribution is -0.133. The number of hydrogen-bond acceptors (Lipinski definition) is 5. The number of amides is 1. The van der Waals surface area contributed by atoms with Crippen LogP contribution in [-0.2, 0) is 11.3 Å². The van der Waals surface area contributed by atoms with E-state index >= 15 is 0 Å². The van der Waals surface area contributed by atoms with E-state index in [2.05, 4.69) is 29.3 Å². The van der Waals surface area contributed by atoms with Gasteiger partial charge in [-0.25, -0.2) is 14.6 Å². The van der Waals surface area contributed by atoms with Crippen molar-refractivity contribution in [3.63, 3.8) is 0 Å². The lowest BCUT2D eigenvalue weighted by atomic mass is 9.98. The molecule has 7 heteroatoms. The molecule has 1 fully saturated rings. The number of thiazole rings is 1. The number of carbonyl (C=O) groups excluding carboxylic acids is 1. The van der Waals surface area contributed by atoms with Crippen LogP contribution in [0.1, 0.15) is 49.2 Å². The maximum absolute atomic E-state index is 12.4. The molecular formula is C15H21N5OS. The molecule has 118 valence electrons. The Kier molecular flexibility index (Phi) is 4.52. The fourth-order valence-corrected chi connectivity index (χ4v) is 3.82. The normalized spacial score (nSPS) is 18.9. The van der Waals surface area contributed by atoms with Crippen LogP contribution in [0.5, 0.6) is 0 Å². The Morgan fingerprint density at radius 2 is 2.36 bits per heavy atom. The van der Waals surface area contributed by atoms with Gasteiger partial charge in [-0.15, -0.1) is 11.3 Å². The number of nitrogens with zero attached hydrogens (tertiary/aromatic N) is 5. The van der Waals surface area contributed by atoms with Crippen molar-refractivity contribution in [3.8, 4) is 0 Å². The lowest BCUT2D eigenvalue weighted by Crippen LogP contribution is -2.40. The molecule has 0 saturated carbocycles. The van der Waals surface area contributed by atoms with E-state index in [9.17, 15) is 4.79 Å². The van der Waals surface area contributed by atoms with Gasteiger partial charge in [-0.1, -0.05) is 13.8 Å². The van der Waals surface area contributed by atoms with Crippen LogP contribution < -0.4 is 0 Å². The largest absolute Gasteiger partial charge is 0.340 e. The second-order valence-electron chi connectivity index (χ2n) is 6.04. The maximum atomic E-state index is 12.4. The summed E-state index contributed by atoms with van der Waals surface area (Å²) >= 11 is 1.73. The van der Waals surface area contributed by atoms with Crippen molar-refractivity contribution < 1.29 is 4.79 Å². The Bertz CT molecular complexity index is 622. The topological polar surface area (TPSA) is 63.9 Å². The molecule has 1 saturated heterocycles. The van der Waals surface area contributed by atoms with E-state index in [1.807, 2.05) is 4.90 Å². The summed E-state index contributed by atoms with van der Waals surface area (Å²) in [6, 6.07) is 0. The highest BCUT2D eigenvalue weighted by atomic mass is 32.1. The highest BCUT2D eigenvalue weighted by Gasteiger charge is 2.27. The monoisotopic (exact) mass is 319 g/mol. The molecule has 0 aromatic carbocycles. The van der Waals surface area contributed by atoms with Crippen LogP contribution in [0, 0.1) is 0 Å². The van der Waals surface area contributed by atoms with Gasteiger partial charge in [-0.3, -0.25) is 4.79 Å². The molecule has 1 aliphatic rings. The number of aromatic nitrogens is 4. The SMILES string of the molecule is CC(C)c1csc([C@@H]2CCCN(C(=O)Cn3cncn3)C2)n1. The van der Waals surface area contributed by atoms with Crippen molar-refractivity contribution in [2.75, 3.05) is 13.1 Å². The van der Waals surface area contributed by atoms with Crippen molar-refractivity contribution in [3.05, 3.63) is 28.7 Å². The minimum atomic E-state index is 0.107. The van der Waals surface area contributed by atoms with Gasteiger partial charge in [0.05, 0.1) is 10.7 Å². The minimum Gasteiger partial charge on any atom is -0.340 e. The fraction of sp³-hybridized carbons (Fsp3) is 0.600. The summed E-state index contributed by atoms with van der Waals surface area (Å²) in [5, 5.41) is 7.32. The summed E-state index contributed by atoms with van der Waals surface area (Å²) in [6.07, 6.45) is 5.17. The zero-order valence-electron chi connectivity index (χ0n) is 13.0. The standard InChI is InChI=1S/C15H21N5OS/c1-11(2)13-8-22-15(18-13)12-4-3-5-19(6-12)14(21)7-20-10-16-9-17-20/h8-12H,3-7H2,1-2H3/t12-/m1/s1. The molecule has 1 aliphatic heterocycles. The molecule has 0 radical (unpaired) electrons. The number of carbonyl (C=O) groups is 1. The van der Waals surface area contributed by atoms with E-state index in [1.165, 1.54) is 11.3 Å². The van der Waals surface area contributed by atoms with Crippen molar-refractivity contribution in [1.29, 1.82) is 0 Å². The molecule has 22 heavy (non-hydrogen) atoms. The predicted octanol–water partition coefficient (Wildman–Crippen LogP) is 2.26. The van der Waals surface area contributed by atoms with Crippen LogP contribution in [0.2, 0.25) is 0 Å². The first kappa shape index (κ1) is 15.1. The van der Waals surface area contributed by atoms with E-state index in [4.69, 9.17) is 4.98 Å². The summed E-state index contributed by atoms with van der Waals surface area (Å²) in [7, 11) is 0. The molecule has 2 aromatic heterocycles. The van der Waals surface area contributed by atoms with Crippen molar-refractivity contribution in [2.45, 2.75) is 45.1 Å². The molecule has 0 unspecified atom stereocenters. The Hall–Kier alpha value is -1.76. The van der Waals surface area contributed by atoms with Gasteiger partial charge in [0.2, 0.25) is 5.91 Å². The molecule has 0 N–H and O–H groups in total. The van der Waals surface area contributed by atoms with E-state index in [1.54, 1.807) is 22.3 Å². The third-order valence-electron chi connectivity index (χ3n) is 4.02. The summed E-state index contributed by atoms with van der Waals surface area (Å²) in [5.41, 5.74) is 1.16. The molecule has 3 heterocycles. The molecule has 6 nitrogen and oxygen atoms in total. The summed E-state index contributed by atoms with van der Waals surface area (Å²) in [5.74, 6) is 0.931. The molecule has 1 amide bonds. The van der Waals surface area contributed by atoms with Gasteiger partial charge in [0.25, 0.3) is 0 Å². The van der Waals surface area contributed by atoms with E-state index < -0.39 is 0 Å². The Balaban J connectivity index is 1.64. The van der Waals surface area contributed by atoms with Crippen molar-refractivity contribution >= 4 is 17.2 Å². The highest BCUT2D eigenvalue weighted by Crippen LogP contribution is 2.30. The maximum Gasteiger partial charge on any atom is 0.244 e. The van der Waals surface area contributed by atoms with Gasteiger partial charge in [0.15, 0.2) is 0 Å². The van der Waals surface area contributed by atoms with Gasteiger partial charge in [-0.05, 0) is 18.8 Å². The van der Waals surface area contributed by atoms with Crippen LogP contribution >= 0.6 is 11.3 Å². The van der Waals surface area contributed by atoms with E-state index in [0.29, 0.717) is 11.8 Å². The molecule has 1 atom stereocenters. The molecule has 3 rings (SSSR count). The number of piperidine rings is 1. The van der Waals surface area contributed by atoms with Gasteiger partial charge in [-0.2, -0.15) is 5.10 Å². The van der Waals surface area contributed by atoms with E-state index in [-0.39, 0.29) is 12.5 Å². The number of likely N-dealkylation sites (tertiary alicyclic amines) is 1. The average Bonchev–Trinajstić information content (AvgIpc) is 3.18. The smallest absolute Gasteiger partial charge is 0.244 e. The number of hydrogen-bond donors (Lipinski definition) is 0. The Morgan fingerprint density at radius 3 is 3.05 bits per heavy atom. The first-order valence-electron chi connectivity index (χ1n) is 7.69.